The van der Waals surface area contributed by atoms with Crippen LogP contribution in [0.2, 0.25) is 0 Å². The Balaban J connectivity index is 1.47. The highest BCUT2D eigenvalue weighted by molar-refractivity contribution is 7.89. The summed E-state index contributed by atoms with van der Waals surface area (Å²) in [6.45, 7) is -0.0133. The molecule has 2 aromatic carbocycles. The van der Waals surface area contributed by atoms with Crippen molar-refractivity contribution in [2.75, 3.05) is 19.0 Å². The maximum absolute atomic E-state index is 12.1. The first-order chi connectivity index (χ1) is 14.0. The van der Waals surface area contributed by atoms with Crippen molar-refractivity contribution < 1.29 is 17.9 Å². The van der Waals surface area contributed by atoms with Gasteiger partial charge in [0.15, 0.2) is 0 Å². The Bertz CT molecular complexity index is 1050. The number of sulfonamides is 1. The third kappa shape index (κ3) is 6.08. The van der Waals surface area contributed by atoms with Crippen LogP contribution in [0.5, 0.6) is 5.75 Å². The standard InChI is InChI=1S/C19H20N4O4S2/c1-27-15-9-7-14(8-10-15)13-18-22-23-19(28-18)21-17(24)11-12-20-29(25,26)16-5-3-2-4-6-16/h2-10,20H,11-13H2,1H3,(H,21,23,24). The number of carbonyl (C=O) groups excluding carboxylic acids is 1. The molecule has 0 aliphatic carbocycles. The number of hydrogen-bond donors (Lipinski definition) is 2. The topological polar surface area (TPSA) is 110 Å². The highest BCUT2D eigenvalue weighted by Gasteiger charge is 2.14. The number of aromatic nitrogens is 2. The maximum atomic E-state index is 12.1. The average molecular weight is 433 g/mol. The molecular weight excluding hydrogens is 412 g/mol. The zero-order valence-electron chi connectivity index (χ0n) is 15.7. The summed E-state index contributed by atoms with van der Waals surface area (Å²) in [6, 6.07) is 15.6. The molecule has 0 bridgehead atoms. The van der Waals surface area contributed by atoms with Crippen LogP contribution in [-0.2, 0) is 21.2 Å². The zero-order chi connectivity index (χ0) is 20.7. The minimum Gasteiger partial charge on any atom is -0.497 e. The normalized spacial score (nSPS) is 11.2. The molecule has 152 valence electrons. The monoisotopic (exact) mass is 432 g/mol. The maximum Gasteiger partial charge on any atom is 0.240 e. The van der Waals surface area contributed by atoms with Crippen LogP contribution < -0.4 is 14.8 Å². The van der Waals surface area contributed by atoms with E-state index in [1.807, 2.05) is 24.3 Å². The van der Waals surface area contributed by atoms with E-state index in [2.05, 4.69) is 20.2 Å². The number of carbonyl (C=O) groups is 1. The van der Waals surface area contributed by atoms with Crippen molar-refractivity contribution in [3.8, 4) is 5.75 Å². The highest BCUT2D eigenvalue weighted by Crippen LogP contribution is 2.20. The van der Waals surface area contributed by atoms with Gasteiger partial charge in [-0.05, 0) is 29.8 Å². The quantitative estimate of drug-likeness (QED) is 0.537. The molecule has 2 N–H and O–H groups in total. The minimum absolute atomic E-state index is 0.0133. The van der Waals surface area contributed by atoms with E-state index in [0.29, 0.717) is 11.6 Å². The van der Waals surface area contributed by atoms with Gasteiger partial charge in [-0.15, -0.1) is 10.2 Å². The van der Waals surface area contributed by atoms with Gasteiger partial charge in [-0.3, -0.25) is 4.79 Å². The molecule has 0 spiro atoms. The van der Waals surface area contributed by atoms with Crippen LogP contribution in [-0.4, -0.2) is 38.2 Å². The highest BCUT2D eigenvalue weighted by atomic mass is 32.2. The van der Waals surface area contributed by atoms with Crippen LogP contribution in [0, 0.1) is 0 Å². The van der Waals surface area contributed by atoms with E-state index < -0.39 is 10.0 Å². The molecule has 3 rings (SSSR count). The van der Waals surface area contributed by atoms with Crippen molar-refractivity contribution in [3.05, 3.63) is 65.2 Å². The number of anilines is 1. The Hall–Kier alpha value is -2.82. The van der Waals surface area contributed by atoms with Gasteiger partial charge in [-0.1, -0.05) is 41.7 Å². The third-order valence-corrected chi connectivity index (χ3v) is 6.24. The fourth-order valence-electron chi connectivity index (χ4n) is 2.46. The number of nitrogens with zero attached hydrogens (tertiary/aromatic N) is 2. The van der Waals surface area contributed by atoms with Crippen molar-refractivity contribution in [2.24, 2.45) is 0 Å². The summed E-state index contributed by atoms with van der Waals surface area (Å²) < 4.78 is 31.8. The molecule has 0 aliphatic rings. The number of hydrogen-bond acceptors (Lipinski definition) is 7. The van der Waals surface area contributed by atoms with E-state index >= 15 is 0 Å². The molecule has 0 atom stereocenters. The molecule has 0 saturated heterocycles. The van der Waals surface area contributed by atoms with Gasteiger partial charge in [0, 0.05) is 19.4 Å². The lowest BCUT2D eigenvalue weighted by Crippen LogP contribution is -2.27. The van der Waals surface area contributed by atoms with Gasteiger partial charge < -0.3 is 10.1 Å². The van der Waals surface area contributed by atoms with E-state index in [-0.39, 0.29) is 23.8 Å². The first kappa shape index (κ1) is 20.9. The lowest BCUT2D eigenvalue weighted by Gasteiger charge is -2.06. The molecule has 0 aliphatic heterocycles. The molecule has 1 aromatic heterocycles. The Morgan fingerprint density at radius 2 is 1.79 bits per heavy atom. The van der Waals surface area contributed by atoms with Gasteiger partial charge >= 0.3 is 0 Å². The number of methoxy groups -OCH3 is 1. The second-order valence-corrected chi connectivity index (χ2v) is 8.86. The smallest absolute Gasteiger partial charge is 0.240 e. The summed E-state index contributed by atoms with van der Waals surface area (Å²) in [5.41, 5.74) is 1.05. The molecule has 0 radical (unpaired) electrons. The lowest BCUT2D eigenvalue weighted by atomic mass is 10.1. The van der Waals surface area contributed by atoms with Crippen molar-refractivity contribution in [1.29, 1.82) is 0 Å². The Morgan fingerprint density at radius 1 is 1.07 bits per heavy atom. The van der Waals surface area contributed by atoms with Gasteiger partial charge in [-0.2, -0.15) is 0 Å². The number of ether oxygens (including phenoxy) is 1. The average Bonchev–Trinajstić information content (AvgIpc) is 3.15. The van der Waals surface area contributed by atoms with Crippen LogP contribution in [0.1, 0.15) is 17.0 Å². The molecular formula is C19H20N4O4S2. The first-order valence-corrected chi connectivity index (χ1v) is 11.1. The fraction of sp³-hybridized carbons (Fsp3) is 0.211. The van der Waals surface area contributed by atoms with E-state index in [0.717, 1.165) is 16.3 Å². The van der Waals surface area contributed by atoms with Crippen molar-refractivity contribution in [2.45, 2.75) is 17.7 Å². The van der Waals surface area contributed by atoms with Crippen molar-refractivity contribution >= 4 is 32.4 Å². The van der Waals surface area contributed by atoms with Crippen LogP contribution in [0.15, 0.2) is 59.5 Å². The number of amides is 1. The van der Waals surface area contributed by atoms with Gasteiger partial charge in [-0.25, -0.2) is 13.1 Å². The molecule has 3 aromatic rings. The van der Waals surface area contributed by atoms with Crippen molar-refractivity contribution in [3.63, 3.8) is 0 Å². The summed E-state index contributed by atoms with van der Waals surface area (Å²) in [5.74, 6) is 0.440. The Morgan fingerprint density at radius 3 is 2.48 bits per heavy atom. The van der Waals surface area contributed by atoms with Crippen LogP contribution in [0.25, 0.3) is 0 Å². The van der Waals surface area contributed by atoms with Gasteiger partial charge in [0.1, 0.15) is 10.8 Å². The third-order valence-electron chi connectivity index (χ3n) is 3.93. The van der Waals surface area contributed by atoms with Gasteiger partial charge in [0.25, 0.3) is 0 Å². The van der Waals surface area contributed by atoms with E-state index in [9.17, 15) is 13.2 Å². The number of benzene rings is 2. The van der Waals surface area contributed by atoms with Crippen molar-refractivity contribution in [1.82, 2.24) is 14.9 Å². The molecule has 29 heavy (non-hydrogen) atoms. The van der Waals surface area contributed by atoms with Gasteiger partial charge in [0.05, 0.1) is 12.0 Å². The van der Waals surface area contributed by atoms with Crippen LogP contribution in [0.3, 0.4) is 0 Å². The van der Waals surface area contributed by atoms with Crippen LogP contribution in [0.4, 0.5) is 5.13 Å². The molecule has 0 fully saturated rings. The molecule has 8 nitrogen and oxygen atoms in total. The van der Waals surface area contributed by atoms with E-state index in [1.165, 1.54) is 23.5 Å². The Labute approximate surface area is 173 Å². The summed E-state index contributed by atoms with van der Waals surface area (Å²) in [7, 11) is -2.02. The van der Waals surface area contributed by atoms with E-state index in [4.69, 9.17) is 4.74 Å². The predicted molar refractivity (Wildman–Crippen MR) is 111 cm³/mol. The molecule has 1 heterocycles. The molecule has 0 saturated carbocycles. The number of nitrogens with one attached hydrogen (secondary N) is 2. The molecule has 10 heteroatoms. The summed E-state index contributed by atoms with van der Waals surface area (Å²) >= 11 is 1.28. The molecule has 1 amide bonds. The second-order valence-electron chi connectivity index (χ2n) is 6.03. The fourth-order valence-corrected chi connectivity index (χ4v) is 4.30. The van der Waals surface area contributed by atoms with Crippen LogP contribution >= 0.6 is 11.3 Å². The predicted octanol–water partition coefficient (Wildman–Crippen LogP) is 2.44. The SMILES string of the molecule is COc1ccc(Cc2nnc(NC(=O)CCNS(=O)(=O)c3ccccc3)s2)cc1. The Kier molecular flexibility index (Phi) is 6.91. The van der Waals surface area contributed by atoms with E-state index in [1.54, 1.807) is 25.3 Å². The molecule has 0 unspecified atom stereocenters. The zero-order valence-corrected chi connectivity index (χ0v) is 17.3. The number of rotatable bonds is 9. The summed E-state index contributed by atoms with van der Waals surface area (Å²) in [5, 5.41) is 11.8. The second kappa shape index (κ2) is 9.59. The lowest BCUT2D eigenvalue weighted by molar-refractivity contribution is -0.116. The van der Waals surface area contributed by atoms with Gasteiger partial charge in [0.2, 0.25) is 21.1 Å². The largest absolute Gasteiger partial charge is 0.497 e. The minimum atomic E-state index is -3.63. The summed E-state index contributed by atoms with van der Waals surface area (Å²) in [6.07, 6.45) is 0.577. The summed E-state index contributed by atoms with van der Waals surface area (Å²) in [4.78, 5) is 12.2. The first-order valence-electron chi connectivity index (χ1n) is 8.76.